The van der Waals surface area contributed by atoms with Gasteiger partial charge in [-0.25, -0.2) is 0 Å². The van der Waals surface area contributed by atoms with Crippen LogP contribution in [-0.4, -0.2) is 29.1 Å². The van der Waals surface area contributed by atoms with Gasteiger partial charge < -0.3 is 4.74 Å². The highest BCUT2D eigenvalue weighted by molar-refractivity contribution is 9.10. The normalized spacial score (nSPS) is 16.7. The van der Waals surface area contributed by atoms with Gasteiger partial charge in [-0.2, -0.15) is 0 Å². The Labute approximate surface area is 203 Å². The molecule has 1 aliphatic rings. The molecular weight excluding hydrogens is 531 g/mol. The van der Waals surface area contributed by atoms with Crippen molar-refractivity contribution in [3.63, 3.8) is 0 Å². The molecule has 1 heterocycles. The van der Waals surface area contributed by atoms with Gasteiger partial charge in [0.25, 0.3) is 5.91 Å². The van der Waals surface area contributed by atoms with Crippen molar-refractivity contribution in [1.29, 1.82) is 0 Å². The molecule has 158 valence electrons. The van der Waals surface area contributed by atoms with Gasteiger partial charge in [-0.15, -0.1) is 0 Å². The Morgan fingerprint density at radius 1 is 1.13 bits per heavy atom. The number of benzene rings is 2. The van der Waals surface area contributed by atoms with Crippen LogP contribution in [0, 0.1) is 0 Å². The molecule has 2 aromatic carbocycles. The van der Waals surface area contributed by atoms with Gasteiger partial charge in [0, 0.05) is 13.1 Å². The number of halogens is 4. The second-order valence-corrected chi connectivity index (χ2v) is 9.35. The zero-order valence-electron chi connectivity index (χ0n) is 16.2. The Morgan fingerprint density at radius 2 is 1.90 bits per heavy atom. The number of amidine groups is 1. The lowest BCUT2D eigenvalue weighted by Crippen LogP contribution is -2.28. The number of amides is 1. The summed E-state index contributed by atoms with van der Waals surface area (Å²) in [6.45, 7) is 5.36. The van der Waals surface area contributed by atoms with Gasteiger partial charge in [0.2, 0.25) is 0 Å². The zero-order valence-corrected chi connectivity index (χ0v) is 20.9. The molecule has 0 bridgehead atoms. The van der Waals surface area contributed by atoms with Crippen LogP contribution in [0.1, 0.15) is 25.0 Å². The van der Waals surface area contributed by atoms with Gasteiger partial charge in [-0.3, -0.25) is 14.7 Å². The van der Waals surface area contributed by atoms with Gasteiger partial charge in [0.05, 0.1) is 24.4 Å². The van der Waals surface area contributed by atoms with Crippen LogP contribution in [0.5, 0.6) is 5.75 Å². The first kappa shape index (κ1) is 23.5. The Balaban J connectivity index is 1.80. The average Bonchev–Trinajstić information content (AvgIpc) is 2.98. The predicted octanol–water partition coefficient (Wildman–Crippen LogP) is 7.30. The van der Waals surface area contributed by atoms with Crippen molar-refractivity contribution in [2.45, 2.75) is 20.5 Å². The van der Waals surface area contributed by atoms with Crippen molar-refractivity contribution in [2.75, 3.05) is 13.1 Å². The van der Waals surface area contributed by atoms with Crippen LogP contribution in [0.15, 0.2) is 44.7 Å². The lowest BCUT2D eigenvalue weighted by Gasteiger charge is -2.12. The minimum absolute atomic E-state index is 0.0538. The molecule has 30 heavy (non-hydrogen) atoms. The number of nitrogens with zero attached hydrogens (tertiary/aromatic N) is 2. The van der Waals surface area contributed by atoms with Crippen molar-refractivity contribution in [3.8, 4) is 5.75 Å². The van der Waals surface area contributed by atoms with Crippen molar-refractivity contribution < 1.29 is 9.53 Å². The number of carbonyl (C=O) groups excluding carboxylic acids is 1. The molecule has 1 amide bonds. The molecule has 0 spiro atoms. The first-order valence-corrected chi connectivity index (χ1v) is 11.9. The third-order valence-electron chi connectivity index (χ3n) is 4.18. The minimum atomic E-state index is -0.0538. The highest BCUT2D eigenvalue weighted by atomic mass is 79.9. The Bertz CT molecular complexity index is 1020. The van der Waals surface area contributed by atoms with E-state index in [2.05, 4.69) is 20.9 Å². The lowest BCUT2D eigenvalue weighted by molar-refractivity contribution is -0.122. The summed E-state index contributed by atoms with van der Waals surface area (Å²) >= 11 is 23.3. The van der Waals surface area contributed by atoms with E-state index in [4.69, 9.17) is 39.5 Å². The second-order valence-electron chi connectivity index (χ2n) is 6.27. The van der Waals surface area contributed by atoms with Crippen LogP contribution in [0.2, 0.25) is 15.1 Å². The highest BCUT2D eigenvalue weighted by Crippen LogP contribution is 2.38. The van der Waals surface area contributed by atoms with Gasteiger partial charge in [0.1, 0.15) is 6.61 Å². The summed E-state index contributed by atoms with van der Waals surface area (Å²) in [6.07, 6.45) is 1.81. The first-order valence-electron chi connectivity index (χ1n) is 9.15. The summed E-state index contributed by atoms with van der Waals surface area (Å²) in [4.78, 5) is 19.3. The summed E-state index contributed by atoms with van der Waals surface area (Å²) in [7, 11) is 0. The Morgan fingerprint density at radius 3 is 2.53 bits per heavy atom. The number of carbonyl (C=O) groups is 1. The molecule has 0 aromatic heterocycles. The molecule has 2 aromatic rings. The maximum absolute atomic E-state index is 12.6. The Kier molecular flexibility index (Phi) is 8.16. The standard InChI is InChI=1S/C21H18BrCl3N2O2S/c1-3-26-21-27(4-2)20(28)18(30-21)10-13-7-14(22)19(17(25)9-13)29-11-12-5-6-15(23)16(24)8-12/h5-10H,3-4,11H2,1-2H3/b18-10+,26-21?. The summed E-state index contributed by atoms with van der Waals surface area (Å²) in [5.41, 5.74) is 1.66. The monoisotopic (exact) mass is 546 g/mol. The number of aliphatic imine (C=N–C) groups is 1. The van der Waals surface area contributed by atoms with E-state index in [1.165, 1.54) is 11.8 Å². The van der Waals surface area contributed by atoms with E-state index in [1.807, 2.05) is 32.1 Å². The molecule has 0 unspecified atom stereocenters. The number of likely N-dealkylation sites (N-methyl/N-ethyl adjacent to an activating group) is 1. The van der Waals surface area contributed by atoms with Crippen LogP contribution in [-0.2, 0) is 11.4 Å². The van der Waals surface area contributed by atoms with E-state index < -0.39 is 0 Å². The van der Waals surface area contributed by atoms with E-state index in [0.717, 1.165) is 16.3 Å². The quantitative estimate of drug-likeness (QED) is 0.356. The van der Waals surface area contributed by atoms with Crippen molar-refractivity contribution in [3.05, 3.63) is 65.9 Å². The fourth-order valence-electron chi connectivity index (χ4n) is 2.78. The minimum Gasteiger partial charge on any atom is -0.486 e. The third-order valence-corrected chi connectivity index (χ3v) is 6.84. The first-order chi connectivity index (χ1) is 14.3. The molecule has 9 heteroatoms. The molecule has 0 radical (unpaired) electrons. The summed E-state index contributed by atoms with van der Waals surface area (Å²) in [6, 6.07) is 8.94. The molecule has 3 rings (SSSR count). The summed E-state index contributed by atoms with van der Waals surface area (Å²) in [5, 5.41) is 2.12. The fourth-order valence-corrected chi connectivity index (χ4v) is 5.19. The molecule has 0 N–H and O–H groups in total. The lowest BCUT2D eigenvalue weighted by atomic mass is 10.2. The van der Waals surface area contributed by atoms with Gasteiger partial charge in [0.15, 0.2) is 10.9 Å². The van der Waals surface area contributed by atoms with Gasteiger partial charge in [-0.1, -0.05) is 40.9 Å². The number of hydrogen-bond acceptors (Lipinski definition) is 4. The number of rotatable bonds is 6. The van der Waals surface area contributed by atoms with Crippen LogP contribution < -0.4 is 4.74 Å². The van der Waals surface area contributed by atoms with Crippen LogP contribution in [0.25, 0.3) is 6.08 Å². The smallest absolute Gasteiger partial charge is 0.266 e. The topological polar surface area (TPSA) is 41.9 Å². The molecule has 4 nitrogen and oxygen atoms in total. The zero-order chi connectivity index (χ0) is 21.8. The predicted molar refractivity (Wildman–Crippen MR) is 131 cm³/mol. The number of thioether (sulfide) groups is 1. The molecule has 0 aliphatic carbocycles. The number of ether oxygens (including phenoxy) is 1. The largest absolute Gasteiger partial charge is 0.486 e. The average molecular weight is 549 g/mol. The van der Waals surface area contributed by atoms with Crippen molar-refractivity contribution in [1.82, 2.24) is 4.90 Å². The van der Waals surface area contributed by atoms with E-state index in [9.17, 15) is 4.79 Å². The Hall–Kier alpha value is -1.18. The second kappa shape index (κ2) is 10.4. The third kappa shape index (κ3) is 5.35. The van der Waals surface area contributed by atoms with Crippen LogP contribution in [0.3, 0.4) is 0 Å². The van der Waals surface area contributed by atoms with Crippen LogP contribution >= 0.6 is 62.5 Å². The van der Waals surface area contributed by atoms with E-state index in [0.29, 0.717) is 43.3 Å². The van der Waals surface area contributed by atoms with E-state index in [1.54, 1.807) is 23.1 Å². The molecular formula is C21H18BrCl3N2O2S. The van der Waals surface area contributed by atoms with E-state index >= 15 is 0 Å². The molecule has 1 saturated heterocycles. The van der Waals surface area contributed by atoms with E-state index in [-0.39, 0.29) is 12.5 Å². The van der Waals surface area contributed by atoms with Crippen LogP contribution in [0.4, 0.5) is 0 Å². The molecule has 0 atom stereocenters. The number of hydrogen-bond donors (Lipinski definition) is 0. The maximum Gasteiger partial charge on any atom is 0.266 e. The van der Waals surface area contributed by atoms with Gasteiger partial charge >= 0.3 is 0 Å². The summed E-state index contributed by atoms with van der Waals surface area (Å²) < 4.78 is 6.56. The maximum atomic E-state index is 12.6. The summed E-state index contributed by atoms with van der Waals surface area (Å²) in [5.74, 6) is 0.459. The molecule has 1 aliphatic heterocycles. The fraction of sp³-hybridized carbons (Fsp3) is 0.238. The molecule has 1 fully saturated rings. The van der Waals surface area contributed by atoms with Crippen molar-refractivity contribution in [2.24, 2.45) is 4.99 Å². The van der Waals surface area contributed by atoms with Gasteiger partial charge in [-0.05, 0) is 83.0 Å². The SMILES string of the molecule is CCN=C1S/C(=C/c2cc(Cl)c(OCc3ccc(Cl)c(Cl)c3)c(Br)c2)C(=O)N1CC. The van der Waals surface area contributed by atoms with Crippen molar-refractivity contribution >= 4 is 79.6 Å². The highest BCUT2D eigenvalue weighted by Gasteiger charge is 2.31. The molecule has 0 saturated carbocycles.